The summed E-state index contributed by atoms with van der Waals surface area (Å²) in [6.07, 6.45) is 4.29. The molecule has 120 valence electrons. The van der Waals surface area contributed by atoms with Gasteiger partial charge in [-0.1, -0.05) is 13.0 Å². The molecule has 2 aromatic rings. The molecule has 5 nitrogen and oxygen atoms in total. The third-order valence-corrected chi connectivity index (χ3v) is 4.47. The molecule has 1 N–H and O–H groups in total. The molecule has 0 saturated carbocycles. The Kier molecular flexibility index (Phi) is 4.28. The summed E-state index contributed by atoms with van der Waals surface area (Å²) in [4.78, 5) is 34.1. The predicted octanol–water partition coefficient (Wildman–Crippen LogP) is 2.62. The second kappa shape index (κ2) is 6.36. The van der Waals surface area contributed by atoms with Crippen LogP contribution >= 0.6 is 0 Å². The molecule has 1 atom stereocenters. The summed E-state index contributed by atoms with van der Waals surface area (Å²) >= 11 is 0. The average Bonchev–Trinajstić information content (AvgIpc) is 3.06. The zero-order valence-corrected chi connectivity index (χ0v) is 13.5. The highest BCUT2D eigenvalue weighted by Gasteiger charge is 2.32. The van der Waals surface area contributed by atoms with E-state index in [1.54, 1.807) is 17.2 Å². The first kappa shape index (κ1) is 15.5. The van der Waals surface area contributed by atoms with Gasteiger partial charge in [0.25, 0.3) is 11.5 Å². The highest BCUT2D eigenvalue weighted by Crippen LogP contribution is 2.31. The summed E-state index contributed by atoms with van der Waals surface area (Å²) in [5.74, 6) is -0.204. The van der Waals surface area contributed by atoms with Gasteiger partial charge < -0.3 is 9.88 Å². The van der Waals surface area contributed by atoms with E-state index in [-0.39, 0.29) is 23.1 Å². The van der Waals surface area contributed by atoms with Crippen molar-refractivity contribution in [3.63, 3.8) is 0 Å². The summed E-state index contributed by atoms with van der Waals surface area (Å²) in [7, 11) is 0. The van der Waals surface area contributed by atoms with Gasteiger partial charge in [0, 0.05) is 18.4 Å². The fraction of sp³-hybridized carbons (Fsp3) is 0.389. The SMILES string of the molecule is CCc1[nH]c(=O)c(C(=O)N2CCCC2c2ccccn2)cc1C. The van der Waals surface area contributed by atoms with Crippen LogP contribution in [0.3, 0.4) is 0 Å². The van der Waals surface area contributed by atoms with E-state index in [1.807, 2.05) is 32.0 Å². The Hall–Kier alpha value is -2.43. The summed E-state index contributed by atoms with van der Waals surface area (Å²) in [5.41, 5.74) is 2.64. The van der Waals surface area contributed by atoms with E-state index in [1.165, 1.54) is 0 Å². The molecule has 1 saturated heterocycles. The van der Waals surface area contributed by atoms with Crippen LogP contribution in [0.1, 0.15) is 53.1 Å². The number of likely N-dealkylation sites (tertiary alicyclic amines) is 1. The lowest BCUT2D eigenvalue weighted by molar-refractivity contribution is 0.0731. The van der Waals surface area contributed by atoms with E-state index in [4.69, 9.17) is 0 Å². The Labute approximate surface area is 135 Å². The van der Waals surface area contributed by atoms with Gasteiger partial charge in [0.1, 0.15) is 5.56 Å². The Balaban J connectivity index is 1.94. The molecule has 0 bridgehead atoms. The minimum Gasteiger partial charge on any atom is -0.330 e. The van der Waals surface area contributed by atoms with Gasteiger partial charge in [-0.15, -0.1) is 0 Å². The van der Waals surface area contributed by atoms with E-state index in [2.05, 4.69) is 9.97 Å². The van der Waals surface area contributed by atoms with Crippen LogP contribution in [-0.2, 0) is 6.42 Å². The van der Waals surface area contributed by atoms with Crippen molar-refractivity contribution in [1.29, 1.82) is 0 Å². The molecule has 0 aromatic carbocycles. The molecule has 1 aliphatic heterocycles. The molecule has 23 heavy (non-hydrogen) atoms. The van der Waals surface area contributed by atoms with Crippen molar-refractivity contribution in [2.75, 3.05) is 6.54 Å². The van der Waals surface area contributed by atoms with E-state index < -0.39 is 0 Å². The molecule has 1 aliphatic rings. The van der Waals surface area contributed by atoms with Crippen LogP contribution in [0.5, 0.6) is 0 Å². The van der Waals surface area contributed by atoms with Crippen LogP contribution in [0.4, 0.5) is 0 Å². The lowest BCUT2D eigenvalue weighted by atomic mass is 10.1. The van der Waals surface area contributed by atoms with Gasteiger partial charge in [-0.25, -0.2) is 0 Å². The van der Waals surface area contributed by atoms with Crippen LogP contribution in [-0.4, -0.2) is 27.3 Å². The molecule has 3 rings (SSSR count). The quantitative estimate of drug-likeness (QED) is 0.947. The first-order valence-corrected chi connectivity index (χ1v) is 8.06. The number of hydrogen-bond donors (Lipinski definition) is 1. The first-order valence-electron chi connectivity index (χ1n) is 8.06. The molecule has 0 aliphatic carbocycles. The molecule has 1 unspecified atom stereocenters. The van der Waals surface area contributed by atoms with Crippen molar-refractivity contribution >= 4 is 5.91 Å². The highest BCUT2D eigenvalue weighted by atomic mass is 16.2. The fourth-order valence-corrected chi connectivity index (χ4v) is 3.24. The van der Waals surface area contributed by atoms with E-state index >= 15 is 0 Å². The summed E-state index contributed by atoms with van der Waals surface area (Å²) in [5, 5.41) is 0. The standard InChI is InChI=1S/C18H21N3O2/c1-3-14-12(2)11-13(17(22)20-14)18(23)21-10-6-8-16(21)15-7-4-5-9-19-15/h4-5,7,9,11,16H,3,6,8,10H2,1-2H3,(H,20,22). The Bertz CT molecular complexity index is 768. The summed E-state index contributed by atoms with van der Waals surface area (Å²) < 4.78 is 0. The van der Waals surface area contributed by atoms with Gasteiger partial charge in [0.05, 0.1) is 11.7 Å². The topological polar surface area (TPSA) is 66.1 Å². The maximum absolute atomic E-state index is 12.9. The fourth-order valence-electron chi connectivity index (χ4n) is 3.24. The number of aromatic amines is 1. The summed E-state index contributed by atoms with van der Waals surface area (Å²) in [6.45, 7) is 4.57. The molecule has 0 radical (unpaired) electrons. The van der Waals surface area contributed by atoms with E-state index in [0.29, 0.717) is 6.54 Å². The number of nitrogens with zero attached hydrogens (tertiary/aromatic N) is 2. The van der Waals surface area contributed by atoms with Crippen molar-refractivity contribution in [2.45, 2.75) is 39.2 Å². The number of rotatable bonds is 3. The molecule has 1 amide bonds. The Morgan fingerprint density at radius 1 is 1.43 bits per heavy atom. The summed E-state index contributed by atoms with van der Waals surface area (Å²) in [6, 6.07) is 7.40. The lowest BCUT2D eigenvalue weighted by Crippen LogP contribution is -2.35. The monoisotopic (exact) mass is 311 g/mol. The molecule has 2 aromatic heterocycles. The minimum absolute atomic E-state index is 0.0470. The van der Waals surface area contributed by atoms with Gasteiger partial charge >= 0.3 is 0 Å². The van der Waals surface area contributed by atoms with Crippen molar-refractivity contribution in [1.82, 2.24) is 14.9 Å². The zero-order valence-electron chi connectivity index (χ0n) is 13.5. The minimum atomic E-state index is -0.302. The number of carbonyl (C=O) groups excluding carboxylic acids is 1. The molecular formula is C18H21N3O2. The van der Waals surface area contributed by atoms with Gasteiger partial charge in [0.2, 0.25) is 0 Å². The number of carbonyl (C=O) groups is 1. The van der Waals surface area contributed by atoms with Gasteiger partial charge in [-0.2, -0.15) is 0 Å². The number of amides is 1. The number of nitrogens with one attached hydrogen (secondary N) is 1. The molecular weight excluding hydrogens is 290 g/mol. The Morgan fingerprint density at radius 2 is 2.26 bits per heavy atom. The predicted molar refractivity (Wildman–Crippen MR) is 88.4 cm³/mol. The molecule has 0 spiro atoms. The van der Waals surface area contributed by atoms with Crippen molar-refractivity contribution in [3.05, 3.63) is 63.3 Å². The van der Waals surface area contributed by atoms with Gasteiger partial charge in [-0.05, 0) is 49.9 Å². The molecule has 3 heterocycles. The third-order valence-electron chi connectivity index (χ3n) is 4.47. The highest BCUT2D eigenvalue weighted by molar-refractivity contribution is 5.94. The lowest BCUT2D eigenvalue weighted by Gasteiger charge is -2.24. The van der Waals surface area contributed by atoms with Crippen LogP contribution in [0.25, 0.3) is 0 Å². The average molecular weight is 311 g/mol. The van der Waals surface area contributed by atoms with Gasteiger partial charge in [0.15, 0.2) is 0 Å². The number of hydrogen-bond acceptors (Lipinski definition) is 3. The largest absolute Gasteiger partial charge is 0.330 e. The Morgan fingerprint density at radius 3 is 2.96 bits per heavy atom. The zero-order chi connectivity index (χ0) is 16.4. The third kappa shape index (κ3) is 2.91. The van der Waals surface area contributed by atoms with Gasteiger partial charge in [-0.3, -0.25) is 14.6 Å². The van der Waals surface area contributed by atoms with Crippen LogP contribution in [0, 0.1) is 6.92 Å². The molecule has 1 fully saturated rings. The maximum Gasteiger partial charge on any atom is 0.261 e. The first-order chi connectivity index (χ1) is 11.1. The van der Waals surface area contributed by atoms with E-state index in [9.17, 15) is 9.59 Å². The second-order valence-electron chi connectivity index (χ2n) is 5.94. The van der Waals surface area contributed by atoms with Crippen LogP contribution in [0.2, 0.25) is 0 Å². The number of aromatic nitrogens is 2. The van der Waals surface area contributed by atoms with Crippen molar-refractivity contribution in [2.24, 2.45) is 0 Å². The van der Waals surface area contributed by atoms with Crippen molar-refractivity contribution in [3.8, 4) is 0 Å². The van der Waals surface area contributed by atoms with Crippen LogP contribution < -0.4 is 5.56 Å². The second-order valence-corrected chi connectivity index (χ2v) is 5.94. The van der Waals surface area contributed by atoms with Crippen molar-refractivity contribution < 1.29 is 4.79 Å². The number of H-pyrrole nitrogens is 1. The van der Waals surface area contributed by atoms with E-state index in [0.717, 1.165) is 36.2 Å². The van der Waals surface area contributed by atoms with Crippen LogP contribution in [0.15, 0.2) is 35.3 Å². The number of pyridine rings is 2. The smallest absolute Gasteiger partial charge is 0.261 e. The molecule has 5 heteroatoms. The maximum atomic E-state index is 12.9. The number of aryl methyl sites for hydroxylation is 2. The normalized spacial score (nSPS) is 17.5.